The number of aryl methyl sites for hydroxylation is 2. The molecule has 1 N–H and O–H groups in total. The number of hydrogen-bond acceptors (Lipinski definition) is 3. The predicted molar refractivity (Wildman–Crippen MR) is 89.1 cm³/mol. The Kier molecular flexibility index (Phi) is 5.52. The molecule has 0 spiro atoms. The van der Waals surface area contributed by atoms with Crippen LogP contribution >= 0.6 is 0 Å². The monoisotopic (exact) mass is 311 g/mol. The van der Waals surface area contributed by atoms with E-state index in [4.69, 9.17) is 4.74 Å². The van der Waals surface area contributed by atoms with Crippen molar-refractivity contribution >= 4 is 11.9 Å². The van der Waals surface area contributed by atoms with Crippen LogP contribution in [0.25, 0.3) is 0 Å². The van der Waals surface area contributed by atoms with Crippen LogP contribution in [0, 0.1) is 13.8 Å². The molecule has 23 heavy (non-hydrogen) atoms. The zero-order valence-corrected chi connectivity index (χ0v) is 13.6. The summed E-state index contributed by atoms with van der Waals surface area (Å²) < 4.78 is 5.24. The van der Waals surface area contributed by atoms with Crippen molar-refractivity contribution in [3.05, 3.63) is 70.8 Å². The average molecular weight is 311 g/mol. The number of amides is 1. The Bertz CT molecular complexity index is 692. The Hall–Kier alpha value is -2.62. The topological polar surface area (TPSA) is 55.4 Å². The Labute approximate surface area is 136 Å². The van der Waals surface area contributed by atoms with Gasteiger partial charge in [0.2, 0.25) is 0 Å². The molecule has 4 heteroatoms. The highest BCUT2D eigenvalue weighted by atomic mass is 16.5. The molecule has 0 aromatic heterocycles. The molecule has 1 atom stereocenters. The van der Waals surface area contributed by atoms with Crippen LogP contribution < -0.4 is 5.32 Å². The lowest BCUT2D eigenvalue weighted by molar-refractivity contribution is -0.146. The van der Waals surface area contributed by atoms with Gasteiger partial charge in [-0.15, -0.1) is 0 Å². The molecular weight excluding hydrogens is 290 g/mol. The molecule has 0 unspecified atom stereocenters. The maximum absolute atomic E-state index is 12.1. The second-order valence-electron chi connectivity index (χ2n) is 5.66. The van der Waals surface area contributed by atoms with Crippen LogP contribution in [0.4, 0.5) is 0 Å². The third-order valence-electron chi connectivity index (χ3n) is 3.48. The van der Waals surface area contributed by atoms with Crippen molar-refractivity contribution < 1.29 is 14.3 Å². The van der Waals surface area contributed by atoms with E-state index in [-0.39, 0.29) is 12.5 Å². The fourth-order valence-corrected chi connectivity index (χ4v) is 2.09. The molecule has 1 amide bonds. The molecule has 0 aliphatic rings. The Morgan fingerprint density at radius 3 is 2.39 bits per heavy atom. The van der Waals surface area contributed by atoms with Gasteiger partial charge in [-0.2, -0.15) is 0 Å². The van der Waals surface area contributed by atoms with E-state index in [9.17, 15) is 9.59 Å². The van der Waals surface area contributed by atoms with Gasteiger partial charge in [0.05, 0.1) is 0 Å². The molecule has 0 bridgehead atoms. The fourth-order valence-electron chi connectivity index (χ4n) is 2.09. The number of carbonyl (C=O) groups excluding carboxylic acids is 2. The van der Waals surface area contributed by atoms with E-state index in [0.717, 1.165) is 16.7 Å². The molecule has 2 rings (SSSR count). The summed E-state index contributed by atoms with van der Waals surface area (Å²) in [5, 5.41) is 2.66. The molecule has 0 saturated carbocycles. The van der Waals surface area contributed by atoms with E-state index in [1.807, 2.05) is 50.2 Å². The minimum Gasteiger partial charge on any atom is -0.459 e. The van der Waals surface area contributed by atoms with Gasteiger partial charge in [-0.25, -0.2) is 4.79 Å². The summed E-state index contributed by atoms with van der Waals surface area (Å²) in [5.74, 6) is -0.736. The normalized spacial score (nSPS) is 11.6. The lowest BCUT2D eigenvalue weighted by atomic mass is 10.1. The lowest BCUT2D eigenvalue weighted by Crippen LogP contribution is -2.39. The third-order valence-corrected chi connectivity index (χ3v) is 3.48. The van der Waals surface area contributed by atoms with E-state index in [2.05, 4.69) is 5.32 Å². The molecule has 120 valence electrons. The molecule has 4 nitrogen and oxygen atoms in total. The van der Waals surface area contributed by atoms with Gasteiger partial charge >= 0.3 is 5.97 Å². The van der Waals surface area contributed by atoms with E-state index in [1.54, 1.807) is 19.1 Å². The number of carbonyl (C=O) groups is 2. The summed E-state index contributed by atoms with van der Waals surface area (Å²) in [4.78, 5) is 24.1. The average Bonchev–Trinajstić information content (AvgIpc) is 2.54. The van der Waals surface area contributed by atoms with Gasteiger partial charge in [0.15, 0.2) is 0 Å². The molecule has 0 saturated heterocycles. The second kappa shape index (κ2) is 7.58. The first-order valence-electron chi connectivity index (χ1n) is 7.55. The molecule has 0 radical (unpaired) electrons. The first kappa shape index (κ1) is 16.7. The Balaban J connectivity index is 1.87. The lowest BCUT2D eigenvalue weighted by Gasteiger charge is -2.14. The maximum atomic E-state index is 12.1. The van der Waals surface area contributed by atoms with Crippen molar-refractivity contribution in [3.63, 3.8) is 0 Å². The van der Waals surface area contributed by atoms with Crippen molar-refractivity contribution in [2.45, 2.75) is 33.4 Å². The minimum absolute atomic E-state index is 0.198. The molecule has 0 aliphatic heterocycles. The zero-order chi connectivity index (χ0) is 16.8. The van der Waals surface area contributed by atoms with E-state index in [0.29, 0.717) is 5.56 Å². The molecule has 0 aliphatic carbocycles. The number of hydrogen-bond donors (Lipinski definition) is 1. The second-order valence-corrected chi connectivity index (χ2v) is 5.66. The van der Waals surface area contributed by atoms with Crippen LogP contribution in [0.5, 0.6) is 0 Å². The highest BCUT2D eigenvalue weighted by molar-refractivity contribution is 5.96. The van der Waals surface area contributed by atoms with Crippen LogP contribution in [0.2, 0.25) is 0 Å². The fraction of sp³-hybridized carbons (Fsp3) is 0.263. The number of esters is 1. The van der Waals surface area contributed by atoms with Crippen LogP contribution in [-0.2, 0) is 16.1 Å². The Morgan fingerprint density at radius 2 is 1.74 bits per heavy atom. The van der Waals surface area contributed by atoms with Crippen molar-refractivity contribution in [2.24, 2.45) is 0 Å². The third kappa shape index (κ3) is 4.95. The van der Waals surface area contributed by atoms with Crippen molar-refractivity contribution in [1.82, 2.24) is 5.32 Å². The highest BCUT2D eigenvalue weighted by Crippen LogP contribution is 2.07. The van der Waals surface area contributed by atoms with Gasteiger partial charge < -0.3 is 10.1 Å². The van der Waals surface area contributed by atoms with Crippen molar-refractivity contribution in [2.75, 3.05) is 0 Å². The summed E-state index contributed by atoms with van der Waals surface area (Å²) in [6.45, 7) is 5.73. The van der Waals surface area contributed by atoms with Crippen molar-refractivity contribution in [3.8, 4) is 0 Å². The molecule has 0 fully saturated rings. The zero-order valence-electron chi connectivity index (χ0n) is 13.6. The standard InChI is InChI=1S/C19H21NO3/c1-13-7-9-16(10-8-13)12-23-19(22)15(3)20-18(21)17-6-4-5-14(2)11-17/h4-11,15H,12H2,1-3H3,(H,20,21)/t15-/m0/s1. The van der Waals surface area contributed by atoms with E-state index in [1.165, 1.54) is 0 Å². The predicted octanol–water partition coefficient (Wildman–Crippen LogP) is 3.17. The molecule has 2 aromatic rings. The minimum atomic E-state index is -0.700. The number of benzene rings is 2. The summed E-state index contributed by atoms with van der Waals surface area (Å²) in [6, 6.07) is 14.3. The number of ether oxygens (including phenoxy) is 1. The van der Waals surface area contributed by atoms with Gasteiger partial charge in [0, 0.05) is 5.56 Å². The van der Waals surface area contributed by atoms with Gasteiger partial charge in [-0.05, 0) is 38.5 Å². The quantitative estimate of drug-likeness (QED) is 0.863. The summed E-state index contributed by atoms with van der Waals surface area (Å²) in [5.41, 5.74) is 3.59. The summed E-state index contributed by atoms with van der Waals surface area (Å²) >= 11 is 0. The van der Waals surface area contributed by atoms with Crippen LogP contribution in [0.15, 0.2) is 48.5 Å². The summed E-state index contributed by atoms with van der Waals surface area (Å²) in [7, 11) is 0. The molecule has 0 heterocycles. The van der Waals surface area contributed by atoms with Gasteiger partial charge in [-0.3, -0.25) is 4.79 Å². The van der Waals surface area contributed by atoms with Crippen LogP contribution in [-0.4, -0.2) is 17.9 Å². The number of nitrogens with one attached hydrogen (secondary N) is 1. The molecular formula is C19H21NO3. The smallest absolute Gasteiger partial charge is 0.328 e. The van der Waals surface area contributed by atoms with E-state index < -0.39 is 12.0 Å². The summed E-state index contributed by atoms with van der Waals surface area (Å²) in [6.07, 6.45) is 0. The van der Waals surface area contributed by atoms with Crippen LogP contribution in [0.1, 0.15) is 34.0 Å². The first-order valence-corrected chi connectivity index (χ1v) is 7.55. The SMILES string of the molecule is Cc1ccc(COC(=O)[C@H](C)NC(=O)c2cccc(C)c2)cc1. The first-order chi connectivity index (χ1) is 11.0. The van der Waals surface area contributed by atoms with Crippen molar-refractivity contribution in [1.29, 1.82) is 0 Å². The largest absolute Gasteiger partial charge is 0.459 e. The van der Waals surface area contributed by atoms with Crippen LogP contribution in [0.3, 0.4) is 0 Å². The van der Waals surface area contributed by atoms with Gasteiger partial charge in [0.25, 0.3) is 5.91 Å². The highest BCUT2D eigenvalue weighted by Gasteiger charge is 2.18. The van der Waals surface area contributed by atoms with Gasteiger partial charge in [-0.1, -0.05) is 47.5 Å². The molecule has 2 aromatic carbocycles. The van der Waals surface area contributed by atoms with E-state index >= 15 is 0 Å². The maximum Gasteiger partial charge on any atom is 0.328 e. The van der Waals surface area contributed by atoms with Gasteiger partial charge in [0.1, 0.15) is 12.6 Å². The Morgan fingerprint density at radius 1 is 1.04 bits per heavy atom. The number of rotatable bonds is 5.